The molecule has 0 bridgehead atoms. The van der Waals surface area contributed by atoms with Crippen LogP contribution in [0.4, 0.5) is 0 Å². The number of hydrogen-bond donors (Lipinski definition) is 2. The van der Waals surface area contributed by atoms with E-state index in [4.69, 9.17) is 34.7 Å². The Kier molecular flexibility index (Phi) is 9.02. The zero-order valence-corrected chi connectivity index (χ0v) is 17.0. The summed E-state index contributed by atoms with van der Waals surface area (Å²) in [7, 11) is -6.60. The molecule has 6 nitrogen and oxygen atoms in total. The summed E-state index contributed by atoms with van der Waals surface area (Å²) >= 11 is 11.5. The van der Waals surface area contributed by atoms with Gasteiger partial charge in [0.25, 0.3) is 0 Å². The van der Waals surface area contributed by atoms with Crippen LogP contribution in [0.1, 0.15) is 0 Å². The molecule has 0 atom stereocenters. The van der Waals surface area contributed by atoms with Gasteiger partial charge in [-0.05, 0) is 24.3 Å². The van der Waals surface area contributed by atoms with Crippen LogP contribution < -0.4 is 11.5 Å². The van der Waals surface area contributed by atoms with Gasteiger partial charge in [-0.2, -0.15) is 0 Å². The van der Waals surface area contributed by atoms with Gasteiger partial charge in [0.15, 0.2) is 19.7 Å². The van der Waals surface area contributed by atoms with Gasteiger partial charge in [0.2, 0.25) is 0 Å². The van der Waals surface area contributed by atoms with Crippen LogP contribution in [-0.4, -0.2) is 41.4 Å². The molecule has 0 aromatic heterocycles. The molecule has 144 valence electrons. The van der Waals surface area contributed by atoms with Gasteiger partial charge < -0.3 is 11.5 Å². The predicted molar refractivity (Wildman–Crippen MR) is 105 cm³/mol. The Bertz CT molecular complexity index is 898. The highest BCUT2D eigenvalue weighted by Gasteiger charge is 2.20. The van der Waals surface area contributed by atoms with E-state index in [0.29, 0.717) is 4.90 Å². The molecule has 0 unspecified atom stereocenters. The van der Waals surface area contributed by atoms with E-state index in [1.54, 1.807) is 36.4 Å². The molecule has 2 rings (SSSR count). The van der Waals surface area contributed by atoms with Crippen molar-refractivity contribution in [2.24, 2.45) is 11.5 Å². The second-order valence-electron chi connectivity index (χ2n) is 5.08. The highest BCUT2D eigenvalue weighted by molar-refractivity contribution is 7.91. The van der Waals surface area contributed by atoms with Crippen molar-refractivity contribution in [1.82, 2.24) is 0 Å². The second kappa shape index (κ2) is 10.2. The normalized spacial score (nSPS) is 11.5. The molecule has 10 heteroatoms. The minimum Gasteiger partial charge on any atom is -0.329 e. The third kappa shape index (κ3) is 6.53. The van der Waals surface area contributed by atoms with Gasteiger partial charge in [-0.3, -0.25) is 0 Å². The summed E-state index contributed by atoms with van der Waals surface area (Å²) < 4.78 is 46.0. The number of rotatable bonds is 6. The largest absolute Gasteiger partial charge is 0.329 e. The maximum atomic E-state index is 11.6. The van der Waals surface area contributed by atoms with E-state index in [-0.39, 0.29) is 39.5 Å². The number of sulfone groups is 2. The van der Waals surface area contributed by atoms with Crippen LogP contribution in [0, 0.1) is 0 Å². The summed E-state index contributed by atoms with van der Waals surface area (Å²) in [5, 5.41) is 0.261. The summed E-state index contributed by atoms with van der Waals surface area (Å²) in [5.41, 5.74) is 10.4. The molecule has 0 aliphatic carbocycles. The SMILES string of the molecule is NCCS(=O)(=O)c1c(Cl)cccc1Cl.NCCS(=O)(=O)c1ccccc1. The van der Waals surface area contributed by atoms with Gasteiger partial charge in [-0.25, -0.2) is 16.8 Å². The summed E-state index contributed by atoms with van der Waals surface area (Å²) in [5.74, 6) is -0.145. The maximum Gasteiger partial charge on any atom is 0.182 e. The van der Waals surface area contributed by atoms with Crippen molar-refractivity contribution in [1.29, 1.82) is 0 Å². The Morgan fingerprint density at radius 3 is 1.62 bits per heavy atom. The molecule has 2 aromatic rings. The molecule has 26 heavy (non-hydrogen) atoms. The first-order valence-electron chi connectivity index (χ1n) is 7.50. The minimum absolute atomic E-state index is 0.0109. The van der Waals surface area contributed by atoms with Gasteiger partial charge in [0.1, 0.15) is 4.90 Å². The molecular formula is C16H20Cl2N2O4S2. The molecule has 0 radical (unpaired) electrons. The molecule has 0 saturated heterocycles. The average molecular weight is 439 g/mol. The molecule has 0 aliphatic heterocycles. The fourth-order valence-corrected chi connectivity index (χ4v) is 5.40. The fraction of sp³-hybridized carbons (Fsp3) is 0.250. The predicted octanol–water partition coefficient (Wildman–Crippen LogP) is 2.14. The van der Waals surface area contributed by atoms with Crippen LogP contribution >= 0.6 is 23.2 Å². The third-order valence-electron chi connectivity index (χ3n) is 3.11. The van der Waals surface area contributed by atoms with Crippen LogP contribution in [-0.2, 0) is 19.7 Å². The van der Waals surface area contributed by atoms with Crippen LogP contribution in [0.25, 0.3) is 0 Å². The molecule has 0 spiro atoms. The van der Waals surface area contributed by atoms with Crippen molar-refractivity contribution < 1.29 is 16.8 Å². The first-order chi connectivity index (χ1) is 12.2. The van der Waals surface area contributed by atoms with Crippen molar-refractivity contribution in [3.05, 3.63) is 58.6 Å². The lowest BCUT2D eigenvalue weighted by atomic mass is 10.4. The summed E-state index contributed by atoms with van der Waals surface area (Å²) in [6.45, 7) is 0.209. The number of nitrogens with two attached hydrogens (primary N) is 2. The molecular weight excluding hydrogens is 419 g/mol. The molecule has 4 N–H and O–H groups in total. The first-order valence-corrected chi connectivity index (χ1v) is 11.6. The van der Waals surface area contributed by atoms with Gasteiger partial charge in [-0.1, -0.05) is 47.5 Å². The quantitative estimate of drug-likeness (QED) is 0.712. The molecule has 0 fully saturated rings. The van der Waals surface area contributed by atoms with Crippen molar-refractivity contribution in [2.75, 3.05) is 24.6 Å². The molecule has 0 amide bonds. The molecule has 0 heterocycles. The van der Waals surface area contributed by atoms with E-state index in [2.05, 4.69) is 0 Å². The fourth-order valence-electron chi connectivity index (χ4n) is 1.94. The van der Waals surface area contributed by atoms with Gasteiger partial charge >= 0.3 is 0 Å². The topological polar surface area (TPSA) is 120 Å². The Balaban J connectivity index is 0.000000263. The van der Waals surface area contributed by atoms with E-state index in [1.807, 2.05) is 0 Å². The van der Waals surface area contributed by atoms with Crippen molar-refractivity contribution in [3.63, 3.8) is 0 Å². The van der Waals surface area contributed by atoms with E-state index in [0.717, 1.165) is 0 Å². The zero-order valence-electron chi connectivity index (χ0n) is 13.8. The second-order valence-corrected chi connectivity index (χ2v) is 10.0. The zero-order chi connectivity index (χ0) is 19.8. The van der Waals surface area contributed by atoms with Crippen LogP contribution in [0.2, 0.25) is 10.0 Å². The van der Waals surface area contributed by atoms with Crippen LogP contribution in [0.3, 0.4) is 0 Å². The van der Waals surface area contributed by atoms with E-state index in [9.17, 15) is 16.8 Å². The van der Waals surface area contributed by atoms with Crippen molar-refractivity contribution in [2.45, 2.75) is 9.79 Å². The van der Waals surface area contributed by atoms with Gasteiger partial charge in [0.05, 0.1) is 26.4 Å². The standard InChI is InChI=1S/C8H9Cl2NO2S.C8H11NO2S/c9-6-2-1-3-7(10)8(6)14(12,13)5-4-11;9-6-7-12(10,11)8-4-2-1-3-5-8/h1-3H,4-5,11H2;1-5H,6-7,9H2. The Hall–Kier alpha value is -1.16. The first kappa shape index (κ1) is 22.9. The highest BCUT2D eigenvalue weighted by Crippen LogP contribution is 2.29. The minimum atomic E-state index is -3.46. The Morgan fingerprint density at radius 1 is 0.692 bits per heavy atom. The van der Waals surface area contributed by atoms with Crippen molar-refractivity contribution >= 4 is 42.9 Å². The number of halogens is 2. The lowest BCUT2D eigenvalue weighted by Crippen LogP contribution is -2.16. The Morgan fingerprint density at radius 2 is 1.15 bits per heavy atom. The Labute approximate surface area is 163 Å². The van der Waals surface area contributed by atoms with E-state index in [1.165, 1.54) is 12.1 Å². The van der Waals surface area contributed by atoms with E-state index < -0.39 is 19.7 Å². The number of benzene rings is 2. The highest BCUT2D eigenvalue weighted by atomic mass is 35.5. The smallest absolute Gasteiger partial charge is 0.182 e. The monoisotopic (exact) mass is 438 g/mol. The molecule has 0 saturated carbocycles. The van der Waals surface area contributed by atoms with Crippen LogP contribution in [0.5, 0.6) is 0 Å². The van der Waals surface area contributed by atoms with Crippen LogP contribution in [0.15, 0.2) is 58.3 Å². The van der Waals surface area contributed by atoms with Gasteiger partial charge in [-0.15, -0.1) is 0 Å². The molecule has 2 aromatic carbocycles. The maximum absolute atomic E-state index is 11.6. The van der Waals surface area contributed by atoms with Gasteiger partial charge in [0, 0.05) is 13.1 Å². The molecule has 0 aliphatic rings. The van der Waals surface area contributed by atoms with Crippen molar-refractivity contribution in [3.8, 4) is 0 Å². The lowest BCUT2D eigenvalue weighted by Gasteiger charge is -2.06. The third-order valence-corrected chi connectivity index (χ3v) is 7.56. The lowest BCUT2D eigenvalue weighted by molar-refractivity contribution is 0.594. The summed E-state index contributed by atoms with van der Waals surface area (Å²) in [6, 6.07) is 12.9. The summed E-state index contributed by atoms with van der Waals surface area (Å²) in [6.07, 6.45) is 0. The summed E-state index contributed by atoms with van der Waals surface area (Å²) in [4.78, 5) is 0.309. The number of hydrogen-bond acceptors (Lipinski definition) is 6. The van der Waals surface area contributed by atoms with E-state index >= 15 is 0 Å². The average Bonchev–Trinajstić information content (AvgIpc) is 2.56.